The first-order chi connectivity index (χ1) is 13.2. The van der Waals surface area contributed by atoms with Gasteiger partial charge in [0.05, 0.1) is 12.0 Å². The SMILES string of the molecule is COc1cc(Cl)ccc1SNC(C(=N)OC(N)=O)C(C)c1cccc(C)c1F. The Bertz CT molecular complexity index is 881. The van der Waals surface area contributed by atoms with Crippen LogP contribution in [0.15, 0.2) is 41.3 Å². The Labute approximate surface area is 172 Å². The zero-order valence-corrected chi connectivity index (χ0v) is 17.2. The van der Waals surface area contributed by atoms with Crippen LogP contribution < -0.4 is 15.2 Å². The molecule has 0 aliphatic carbocycles. The molecule has 1 amide bonds. The number of carbonyl (C=O) groups is 1. The molecular weight excluding hydrogens is 405 g/mol. The van der Waals surface area contributed by atoms with E-state index in [1.54, 1.807) is 50.2 Å². The lowest BCUT2D eigenvalue weighted by molar-refractivity contribution is 0.204. The van der Waals surface area contributed by atoms with E-state index in [0.717, 1.165) is 11.9 Å². The lowest BCUT2D eigenvalue weighted by Crippen LogP contribution is -2.40. The van der Waals surface area contributed by atoms with Gasteiger partial charge in [-0.3, -0.25) is 5.41 Å². The van der Waals surface area contributed by atoms with Gasteiger partial charge in [0.15, 0.2) is 0 Å². The first kappa shape index (κ1) is 22.0. The molecule has 0 heterocycles. The highest BCUT2D eigenvalue weighted by molar-refractivity contribution is 7.97. The molecule has 0 bridgehead atoms. The smallest absolute Gasteiger partial charge is 0.411 e. The van der Waals surface area contributed by atoms with Gasteiger partial charge in [-0.15, -0.1) is 0 Å². The van der Waals surface area contributed by atoms with Crippen LogP contribution in [0.4, 0.5) is 9.18 Å². The molecule has 0 fully saturated rings. The summed E-state index contributed by atoms with van der Waals surface area (Å²) in [6.45, 7) is 3.39. The van der Waals surface area contributed by atoms with Crippen LogP contribution in [0.3, 0.4) is 0 Å². The largest absolute Gasteiger partial charge is 0.495 e. The number of nitrogens with one attached hydrogen (secondary N) is 2. The number of carbonyl (C=O) groups excluding carboxylic acids is 1. The second-order valence-electron chi connectivity index (χ2n) is 6.04. The zero-order valence-electron chi connectivity index (χ0n) is 15.6. The summed E-state index contributed by atoms with van der Waals surface area (Å²) in [6, 6.07) is 9.27. The maximum Gasteiger partial charge on any atom is 0.411 e. The monoisotopic (exact) mass is 425 g/mol. The number of methoxy groups -OCH3 is 1. The normalized spacial score (nSPS) is 12.9. The first-order valence-corrected chi connectivity index (χ1v) is 9.50. The highest BCUT2D eigenvalue weighted by Gasteiger charge is 2.29. The maximum absolute atomic E-state index is 14.6. The Morgan fingerprint density at radius 1 is 1.36 bits per heavy atom. The maximum atomic E-state index is 14.6. The number of nitrogens with two attached hydrogens (primary N) is 1. The van der Waals surface area contributed by atoms with Crippen LogP contribution in [0.2, 0.25) is 5.02 Å². The van der Waals surface area contributed by atoms with Gasteiger partial charge in [-0.25, -0.2) is 13.9 Å². The van der Waals surface area contributed by atoms with E-state index in [-0.39, 0.29) is 5.82 Å². The van der Waals surface area contributed by atoms with Crippen molar-refractivity contribution < 1.29 is 18.7 Å². The van der Waals surface area contributed by atoms with Crippen LogP contribution in [-0.4, -0.2) is 25.1 Å². The molecule has 0 saturated carbocycles. The third-order valence-electron chi connectivity index (χ3n) is 4.13. The van der Waals surface area contributed by atoms with Crippen LogP contribution in [0.1, 0.15) is 24.0 Å². The Morgan fingerprint density at radius 2 is 2.07 bits per heavy atom. The predicted octanol–water partition coefficient (Wildman–Crippen LogP) is 4.64. The Morgan fingerprint density at radius 3 is 2.71 bits per heavy atom. The molecule has 9 heteroatoms. The standard InChI is InChI=1S/C19H21ClFN3O3S/c1-10-5-4-6-13(16(10)21)11(2)17(18(22)27-19(23)25)24-28-15-8-7-12(20)9-14(15)26-3/h4-9,11,17,22,24H,1-3H3,(H2,23,25). The van der Waals surface area contributed by atoms with Crippen molar-refractivity contribution in [2.45, 2.75) is 30.7 Å². The number of hydrogen-bond donors (Lipinski definition) is 3. The van der Waals surface area contributed by atoms with Crippen molar-refractivity contribution in [2.75, 3.05) is 7.11 Å². The van der Waals surface area contributed by atoms with E-state index in [2.05, 4.69) is 4.72 Å². The number of aryl methyl sites for hydroxylation is 1. The van der Waals surface area contributed by atoms with Gasteiger partial charge < -0.3 is 15.2 Å². The molecule has 0 saturated heterocycles. The molecule has 0 spiro atoms. The molecule has 2 unspecified atom stereocenters. The summed E-state index contributed by atoms with van der Waals surface area (Å²) in [6.07, 6.45) is -1.11. The molecule has 0 aromatic heterocycles. The number of halogens is 2. The molecule has 28 heavy (non-hydrogen) atoms. The summed E-state index contributed by atoms with van der Waals surface area (Å²) >= 11 is 7.12. The third kappa shape index (κ3) is 5.37. The van der Waals surface area contributed by atoms with E-state index in [4.69, 9.17) is 32.2 Å². The Hall–Kier alpha value is -2.29. The van der Waals surface area contributed by atoms with E-state index >= 15 is 0 Å². The van der Waals surface area contributed by atoms with Gasteiger partial charge in [-0.1, -0.05) is 36.7 Å². The molecule has 0 radical (unpaired) electrons. The molecule has 0 aliphatic rings. The lowest BCUT2D eigenvalue weighted by Gasteiger charge is -2.25. The summed E-state index contributed by atoms with van der Waals surface area (Å²) in [7, 11) is 1.51. The second kappa shape index (κ2) is 9.77. The van der Waals surface area contributed by atoms with E-state index in [1.165, 1.54) is 7.11 Å². The van der Waals surface area contributed by atoms with Crippen LogP contribution in [-0.2, 0) is 4.74 Å². The van der Waals surface area contributed by atoms with Gasteiger partial charge in [0.2, 0.25) is 5.90 Å². The van der Waals surface area contributed by atoms with Crippen molar-refractivity contribution in [1.82, 2.24) is 4.72 Å². The fourth-order valence-corrected chi connectivity index (χ4v) is 3.71. The Kier molecular flexibility index (Phi) is 7.68. The molecule has 2 atom stereocenters. The van der Waals surface area contributed by atoms with Gasteiger partial charge in [0, 0.05) is 10.9 Å². The van der Waals surface area contributed by atoms with E-state index in [9.17, 15) is 9.18 Å². The predicted molar refractivity (Wildman–Crippen MR) is 109 cm³/mol. The minimum Gasteiger partial charge on any atom is -0.495 e. The third-order valence-corrected chi connectivity index (χ3v) is 5.29. The van der Waals surface area contributed by atoms with Crippen molar-refractivity contribution in [3.8, 4) is 5.75 Å². The van der Waals surface area contributed by atoms with Crippen LogP contribution in [0, 0.1) is 18.2 Å². The summed E-state index contributed by atoms with van der Waals surface area (Å²) in [5.41, 5.74) is 5.92. The quantitative estimate of drug-likeness (QED) is 0.341. The fraction of sp³-hybridized carbons (Fsp3) is 0.263. The number of primary amides is 1. The van der Waals surface area contributed by atoms with Gasteiger partial charge in [0.25, 0.3) is 0 Å². The zero-order chi connectivity index (χ0) is 20.8. The van der Waals surface area contributed by atoms with Crippen molar-refractivity contribution in [3.63, 3.8) is 0 Å². The molecule has 2 aromatic carbocycles. The Balaban J connectivity index is 2.30. The van der Waals surface area contributed by atoms with Gasteiger partial charge >= 0.3 is 6.09 Å². The van der Waals surface area contributed by atoms with E-state index in [1.807, 2.05) is 0 Å². The molecule has 0 aliphatic heterocycles. The van der Waals surface area contributed by atoms with Crippen LogP contribution >= 0.6 is 23.5 Å². The van der Waals surface area contributed by atoms with Crippen molar-refractivity contribution in [2.24, 2.45) is 5.73 Å². The van der Waals surface area contributed by atoms with E-state index in [0.29, 0.717) is 26.8 Å². The van der Waals surface area contributed by atoms with Crippen LogP contribution in [0.25, 0.3) is 0 Å². The van der Waals surface area contributed by atoms with Crippen molar-refractivity contribution in [1.29, 1.82) is 5.41 Å². The van der Waals surface area contributed by atoms with Gasteiger partial charge in [0.1, 0.15) is 17.6 Å². The van der Waals surface area contributed by atoms with Crippen molar-refractivity contribution >= 4 is 35.5 Å². The van der Waals surface area contributed by atoms with Gasteiger partial charge in [-0.05, 0) is 48.2 Å². The second-order valence-corrected chi connectivity index (χ2v) is 7.36. The summed E-state index contributed by atoms with van der Waals surface area (Å²) in [5, 5.41) is 8.62. The van der Waals surface area contributed by atoms with Crippen LogP contribution in [0.5, 0.6) is 5.75 Å². The highest BCUT2D eigenvalue weighted by atomic mass is 35.5. The highest BCUT2D eigenvalue weighted by Crippen LogP contribution is 2.32. The minimum atomic E-state index is -1.11. The number of hydrogen-bond acceptors (Lipinski definition) is 6. The number of ether oxygens (including phenoxy) is 2. The van der Waals surface area contributed by atoms with Gasteiger partial charge in [-0.2, -0.15) is 0 Å². The number of amides is 1. The van der Waals surface area contributed by atoms with E-state index < -0.39 is 24.0 Å². The number of rotatable bonds is 7. The molecule has 150 valence electrons. The fourth-order valence-electron chi connectivity index (χ4n) is 2.61. The van der Waals surface area contributed by atoms with Crippen molar-refractivity contribution in [3.05, 3.63) is 58.4 Å². The summed E-state index contributed by atoms with van der Waals surface area (Å²) < 4.78 is 27.7. The summed E-state index contributed by atoms with van der Waals surface area (Å²) in [5.74, 6) is -0.790. The molecular formula is C19H21ClFN3O3S. The molecule has 2 rings (SSSR count). The molecule has 2 aromatic rings. The number of benzene rings is 2. The molecule has 4 N–H and O–H groups in total. The first-order valence-electron chi connectivity index (χ1n) is 8.31. The summed E-state index contributed by atoms with van der Waals surface area (Å²) in [4.78, 5) is 11.8. The average Bonchev–Trinajstić information content (AvgIpc) is 2.64. The average molecular weight is 426 g/mol. The topological polar surface area (TPSA) is 97.4 Å². The minimum absolute atomic E-state index is 0.372. The molecule has 6 nitrogen and oxygen atoms in total. The lowest BCUT2D eigenvalue weighted by atomic mass is 9.92.